The minimum Gasteiger partial charge on any atom is -0.396 e. The number of aliphatic hydroxyl groups is 1. The van der Waals surface area contributed by atoms with Crippen LogP contribution in [0.15, 0.2) is 24.8 Å². The molecule has 2 N–H and O–H groups in total. The number of ketones is 1. The number of carbonyl (C=O) groups is 2. The molecular formula is C24H23Cl2F3N6O3S. The van der Waals surface area contributed by atoms with Crippen molar-refractivity contribution in [2.45, 2.75) is 38.3 Å². The molecule has 0 aliphatic carbocycles. The van der Waals surface area contributed by atoms with E-state index >= 15 is 0 Å². The first-order valence-electron chi connectivity index (χ1n) is 11.9. The van der Waals surface area contributed by atoms with Gasteiger partial charge >= 0.3 is 6.18 Å². The molecule has 1 saturated heterocycles. The number of nitrogens with one attached hydrogen (secondary N) is 1. The summed E-state index contributed by atoms with van der Waals surface area (Å²) in [5.41, 5.74) is -1.03. The summed E-state index contributed by atoms with van der Waals surface area (Å²) in [6.45, 7) is 3.19. The van der Waals surface area contributed by atoms with Crippen LogP contribution < -0.4 is 10.2 Å². The van der Waals surface area contributed by atoms with E-state index in [9.17, 15) is 27.9 Å². The SMILES string of the molecule is CC(CC(=O)c1ncnc(N2CCC(CO)CC2)c1Cl)c1ncc(C(=O)Nc2cc(C(F)(F)F)c(Cl)cn2)s1. The number of carbonyl (C=O) groups excluding carboxylic acids is 2. The number of thiazole rings is 1. The fourth-order valence-corrected chi connectivity index (χ4v) is 5.48. The Balaban J connectivity index is 1.41. The number of anilines is 2. The number of rotatable bonds is 8. The molecule has 1 fully saturated rings. The van der Waals surface area contributed by atoms with Crippen molar-refractivity contribution in [2.75, 3.05) is 29.9 Å². The van der Waals surface area contributed by atoms with Gasteiger partial charge in [0.2, 0.25) is 0 Å². The number of Topliss-reactive ketones (excluding diaryl/α,β-unsaturated/α-hetero) is 1. The van der Waals surface area contributed by atoms with E-state index in [1.165, 1.54) is 12.5 Å². The molecule has 0 bridgehead atoms. The molecule has 0 spiro atoms. The van der Waals surface area contributed by atoms with Gasteiger partial charge in [-0.1, -0.05) is 30.1 Å². The van der Waals surface area contributed by atoms with Crippen molar-refractivity contribution in [1.29, 1.82) is 0 Å². The standard InChI is InChI=1S/C24H23Cl2F3N6O3S/c1-12(6-16(37)20-19(26)21(33-11-32-20)35-4-2-13(10-36)3-5-35)23-31-9-17(39-23)22(38)34-18-7-14(24(27,28)29)15(25)8-30-18/h7-9,11-13,36H,2-6,10H2,1H3,(H,30,34,38). The zero-order chi connectivity index (χ0) is 28.3. The van der Waals surface area contributed by atoms with Gasteiger partial charge in [0.1, 0.15) is 27.7 Å². The van der Waals surface area contributed by atoms with E-state index in [0.29, 0.717) is 30.0 Å². The van der Waals surface area contributed by atoms with E-state index in [1.54, 1.807) is 6.92 Å². The van der Waals surface area contributed by atoms with Crippen molar-refractivity contribution in [3.05, 3.63) is 56.0 Å². The summed E-state index contributed by atoms with van der Waals surface area (Å²) in [5.74, 6) is -1.04. The van der Waals surface area contributed by atoms with Crippen LogP contribution in [0, 0.1) is 5.92 Å². The number of piperidine rings is 1. The second-order valence-electron chi connectivity index (χ2n) is 9.07. The van der Waals surface area contributed by atoms with Crippen LogP contribution in [0.5, 0.6) is 0 Å². The van der Waals surface area contributed by atoms with E-state index in [-0.39, 0.29) is 46.1 Å². The lowest BCUT2D eigenvalue weighted by Gasteiger charge is -2.32. The molecule has 4 heterocycles. The summed E-state index contributed by atoms with van der Waals surface area (Å²) < 4.78 is 39.3. The molecule has 1 unspecified atom stereocenters. The highest BCUT2D eigenvalue weighted by Gasteiger charge is 2.34. The first-order valence-corrected chi connectivity index (χ1v) is 13.4. The van der Waals surface area contributed by atoms with Crippen LogP contribution in [0.1, 0.15) is 62.8 Å². The van der Waals surface area contributed by atoms with Crippen LogP contribution in [0.25, 0.3) is 0 Å². The average Bonchev–Trinajstić information content (AvgIpc) is 3.40. The smallest absolute Gasteiger partial charge is 0.396 e. The highest BCUT2D eigenvalue weighted by molar-refractivity contribution is 7.13. The highest BCUT2D eigenvalue weighted by atomic mass is 35.5. The van der Waals surface area contributed by atoms with Crippen molar-refractivity contribution < 1.29 is 27.9 Å². The van der Waals surface area contributed by atoms with Gasteiger partial charge in [0, 0.05) is 38.2 Å². The number of alkyl halides is 3. The van der Waals surface area contributed by atoms with Crippen LogP contribution >= 0.6 is 34.5 Å². The molecule has 0 aromatic carbocycles. The summed E-state index contributed by atoms with van der Waals surface area (Å²) in [6.07, 6.45) is 0.255. The molecule has 15 heteroatoms. The Bertz CT molecular complexity index is 1370. The molecule has 0 radical (unpaired) electrons. The molecule has 3 aromatic heterocycles. The maximum atomic E-state index is 13.1. The highest BCUT2D eigenvalue weighted by Crippen LogP contribution is 2.36. The second kappa shape index (κ2) is 12.1. The molecule has 3 aromatic rings. The lowest BCUT2D eigenvalue weighted by atomic mass is 9.98. The van der Waals surface area contributed by atoms with E-state index < -0.39 is 28.6 Å². The van der Waals surface area contributed by atoms with Crippen LogP contribution in [0.2, 0.25) is 10.0 Å². The molecule has 1 amide bonds. The third-order valence-corrected chi connectivity index (χ3v) is 8.15. The Kier molecular flexibility index (Phi) is 9.04. The number of hydrogen-bond donors (Lipinski definition) is 2. The first-order chi connectivity index (χ1) is 18.5. The van der Waals surface area contributed by atoms with E-state index in [0.717, 1.165) is 30.4 Å². The molecule has 4 rings (SSSR count). The minimum atomic E-state index is -4.71. The van der Waals surface area contributed by atoms with Crippen molar-refractivity contribution >= 4 is 57.9 Å². The van der Waals surface area contributed by atoms with Crippen molar-refractivity contribution in [3.63, 3.8) is 0 Å². The third kappa shape index (κ3) is 6.83. The number of amides is 1. The van der Waals surface area contributed by atoms with Crippen molar-refractivity contribution in [2.24, 2.45) is 5.92 Å². The number of nitrogens with zero attached hydrogens (tertiary/aromatic N) is 5. The van der Waals surface area contributed by atoms with Gasteiger partial charge < -0.3 is 15.3 Å². The Morgan fingerprint density at radius 3 is 2.56 bits per heavy atom. The molecule has 0 saturated carbocycles. The molecule has 9 nitrogen and oxygen atoms in total. The summed E-state index contributed by atoms with van der Waals surface area (Å²) in [5, 5.41) is 11.7. The third-order valence-electron chi connectivity index (χ3n) is 6.27. The number of aromatic nitrogens is 4. The lowest BCUT2D eigenvalue weighted by Crippen LogP contribution is -2.35. The van der Waals surface area contributed by atoms with E-state index in [4.69, 9.17) is 23.2 Å². The second-order valence-corrected chi connectivity index (χ2v) is 10.9. The number of hydrogen-bond acceptors (Lipinski definition) is 9. The van der Waals surface area contributed by atoms with Gasteiger partial charge in [0.05, 0.1) is 21.8 Å². The van der Waals surface area contributed by atoms with E-state index in [1.807, 2.05) is 4.90 Å². The lowest BCUT2D eigenvalue weighted by molar-refractivity contribution is -0.137. The average molecular weight is 603 g/mol. The van der Waals surface area contributed by atoms with Crippen LogP contribution in [0.3, 0.4) is 0 Å². The molecule has 1 aliphatic heterocycles. The number of pyridine rings is 1. The zero-order valence-electron chi connectivity index (χ0n) is 20.5. The van der Waals surface area contributed by atoms with Gasteiger partial charge in [-0.25, -0.2) is 19.9 Å². The van der Waals surface area contributed by atoms with Crippen LogP contribution in [-0.2, 0) is 6.18 Å². The van der Waals surface area contributed by atoms with Crippen molar-refractivity contribution in [3.8, 4) is 0 Å². The zero-order valence-corrected chi connectivity index (χ0v) is 22.8. The maximum absolute atomic E-state index is 13.1. The minimum absolute atomic E-state index is 0.00497. The van der Waals surface area contributed by atoms with Crippen molar-refractivity contribution in [1.82, 2.24) is 19.9 Å². The summed E-state index contributed by atoms with van der Waals surface area (Å²) in [7, 11) is 0. The summed E-state index contributed by atoms with van der Waals surface area (Å²) in [6, 6.07) is 0.651. The topological polar surface area (TPSA) is 121 Å². The van der Waals surface area contributed by atoms with Crippen LogP contribution in [0.4, 0.5) is 24.8 Å². The van der Waals surface area contributed by atoms with Gasteiger partial charge in [-0.2, -0.15) is 13.2 Å². The monoisotopic (exact) mass is 602 g/mol. The summed E-state index contributed by atoms with van der Waals surface area (Å²) in [4.78, 5) is 44.0. The fraction of sp³-hybridized carbons (Fsp3) is 0.417. The quantitative estimate of drug-likeness (QED) is 0.325. The molecule has 1 atom stereocenters. The van der Waals surface area contributed by atoms with Gasteiger partial charge in [0.15, 0.2) is 11.6 Å². The maximum Gasteiger partial charge on any atom is 0.418 e. The van der Waals surface area contributed by atoms with Gasteiger partial charge in [-0.3, -0.25) is 9.59 Å². The molecular weight excluding hydrogens is 580 g/mol. The largest absolute Gasteiger partial charge is 0.418 e. The Morgan fingerprint density at radius 2 is 1.90 bits per heavy atom. The fourth-order valence-electron chi connectivity index (χ4n) is 4.09. The van der Waals surface area contributed by atoms with Crippen LogP contribution in [-0.4, -0.2) is 56.4 Å². The normalized spacial score (nSPS) is 15.3. The van der Waals surface area contributed by atoms with Gasteiger partial charge in [-0.15, -0.1) is 11.3 Å². The molecule has 1 aliphatic rings. The number of aliphatic hydroxyl groups excluding tert-OH is 1. The first kappa shape index (κ1) is 29.1. The Morgan fingerprint density at radius 1 is 1.18 bits per heavy atom. The number of halogens is 5. The molecule has 208 valence electrons. The van der Waals surface area contributed by atoms with Gasteiger partial charge in [-0.05, 0) is 24.8 Å². The van der Waals surface area contributed by atoms with E-state index in [2.05, 4.69) is 25.3 Å². The Hall–Kier alpha value is -2.87. The predicted octanol–water partition coefficient (Wildman–Crippen LogP) is 5.49. The Labute approximate surface area is 235 Å². The molecule has 39 heavy (non-hydrogen) atoms. The predicted molar refractivity (Wildman–Crippen MR) is 141 cm³/mol. The summed E-state index contributed by atoms with van der Waals surface area (Å²) >= 11 is 13.1. The van der Waals surface area contributed by atoms with Gasteiger partial charge in [0.25, 0.3) is 5.91 Å².